The Morgan fingerprint density at radius 2 is 1.84 bits per heavy atom. The van der Waals surface area contributed by atoms with E-state index in [0.29, 0.717) is 5.88 Å². The second kappa shape index (κ2) is 5.31. The molecule has 3 rings (SSSR count). The summed E-state index contributed by atoms with van der Waals surface area (Å²) in [5, 5.41) is 8.23. The first-order chi connectivity index (χ1) is 9.28. The van der Waals surface area contributed by atoms with E-state index < -0.39 is 0 Å². The lowest BCUT2D eigenvalue weighted by Crippen LogP contribution is -2.22. The molecule has 0 unspecified atom stereocenters. The lowest BCUT2D eigenvalue weighted by Gasteiger charge is -2.14. The van der Waals surface area contributed by atoms with Gasteiger partial charge in [0.2, 0.25) is 0 Å². The van der Waals surface area contributed by atoms with Gasteiger partial charge in [-0.1, -0.05) is 29.5 Å². The number of fused-ring (bicyclic) bond motifs is 1. The van der Waals surface area contributed by atoms with Crippen molar-refractivity contribution in [3.63, 3.8) is 0 Å². The lowest BCUT2D eigenvalue weighted by molar-refractivity contribution is 0.265. The molecule has 1 aromatic heterocycles. The molecule has 0 N–H and O–H groups in total. The largest absolute Gasteiger partial charge is 0.293 e. The molecule has 0 saturated heterocycles. The van der Waals surface area contributed by atoms with Gasteiger partial charge < -0.3 is 0 Å². The van der Waals surface area contributed by atoms with E-state index in [1.54, 1.807) is 0 Å². The zero-order chi connectivity index (χ0) is 13.2. The van der Waals surface area contributed by atoms with Crippen molar-refractivity contribution in [3.05, 3.63) is 46.8 Å². The van der Waals surface area contributed by atoms with E-state index >= 15 is 0 Å². The summed E-state index contributed by atoms with van der Waals surface area (Å²) in [4.78, 5) is 2.44. The fraction of sp³-hybridized carbons (Fsp3) is 0.429. The molecule has 2 aromatic rings. The molecule has 1 aliphatic rings. The van der Waals surface area contributed by atoms with Crippen LogP contribution in [0.1, 0.15) is 22.5 Å². The monoisotopic (exact) mass is 276 g/mol. The highest BCUT2D eigenvalue weighted by Gasteiger charge is 2.18. The molecule has 0 spiro atoms. The topological polar surface area (TPSA) is 34.0 Å². The third kappa shape index (κ3) is 2.51. The smallest absolute Gasteiger partial charge is 0.100 e. The molecule has 100 valence electrons. The molecule has 0 aliphatic carbocycles. The van der Waals surface area contributed by atoms with Gasteiger partial charge in [-0.2, -0.15) is 0 Å². The Balaban J connectivity index is 1.61. The van der Waals surface area contributed by atoms with E-state index in [4.69, 9.17) is 11.6 Å². The molecular formula is C14H17ClN4. The summed E-state index contributed by atoms with van der Waals surface area (Å²) in [7, 11) is 0. The Bertz CT molecular complexity index is 554. The van der Waals surface area contributed by atoms with Crippen LogP contribution in [0.3, 0.4) is 0 Å². The molecular weight excluding hydrogens is 260 g/mol. The van der Waals surface area contributed by atoms with Gasteiger partial charge in [-0.25, -0.2) is 4.68 Å². The molecule has 0 saturated carbocycles. The number of nitrogens with zero attached hydrogens (tertiary/aromatic N) is 4. The van der Waals surface area contributed by atoms with Crippen LogP contribution in [0.2, 0.25) is 0 Å². The first kappa shape index (κ1) is 12.6. The van der Waals surface area contributed by atoms with E-state index in [1.807, 2.05) is 11.6 Å². The third-order valence-electron chi connectivity index (χ3n) is 3.74. The number of alkyl halides is 1. The minimum Gasteiger partial charge on any atom is -0.293 e. The van der Waals surface area contributed by atoms with Crippen molar-refractivity contribution < 1.29 is 0 Å². The van der Waals surface area contributed by atoms with Gasteiger partial charge in [0, 0.05) is 19.6 Å². The summed E-state index contributed by atoms with van der Waals surface area (Å²) in [6.07, 6.45) is 0. The predicted molar refractivity (Wildman–Crippen MR) is 74.9 cm³/mol. The van der Waals surface area contributed by atoms with Crippen molar-refractivity contribution in [2.24, 2.45) is 0 Å². The second-order valence-corrected chi connectivity index (χ2v) is 5.22. The van der Waals surface area contributed by atoms with Crippen LogP contribution in [0.25, 0.3) is 0 Å². The quantitative estimate of drug-likeness (QED) is 0.804. The highest BCUT2D eigenvalue weighted by molar-refractivity contribution is 6.16. The number of aromatic nitrogens is 3. The first-order valence-corrected chi connectivity index (χ1v) is 7.05. The number of hydrogen-bond acceptors (Lipinski definition) is 3. The summed E-state index contributed by atoms with van der Waals surface area (Å²) in [6, 6.07) is 8.64. The van der Waals surface area contributed by atoms with Gasteiger partial charge in [0.25, 0.3) is 0 Å². The first-order valence-electron chi connectivity index (χ1n) is 6.52. The van der Waals surface area contributed by atoms with Gasteiger partial charge in [-0.3, -0.25) is 4.90 Å². The minimum absolute atomic E-state index is 0.432. The molecule has 4 nitrogen and oxygen atoms in total. The average molecular weight is 277 g/mol. The molecule has 1 aliphatic heterocycles. The summed E-state index contributed by atoms with van der Waals surface area (Å²) in [6.45, 7) is 5.94. The van der Waals surface area contributed by atoms with Crippen molar-refractivity contribution in [1.82, 2.24) is 19.9 Å². The maximum absolute atomic E-state index is 5.81. The fourth-order valence-corrected chi connectivity index (χ4v) is 2.78. The number of rotatable bonds is 4. The normalized spacial score (nSPS) is 14.8. The molecule has 0 atom stereocenters. The van der Waals surface area contributed by atoms with Gasteiger partial charge in [0.15, 0.2) is 0 Å². The number of benzene rings is 1. The molecule has 0 bridgehead atoms. The Labute approximate surface area is 118 Å². The van der Waals surface area contributed by atoms with Crippen LogP contribution in [0.4, 0.5) is 0 Å². The van der Waals surface area contributed by atoms with Crippen LogP contribution < -0.4 is 0 Å². The van der Waals surface area contributed by atoms with E-state index in [-0.39, 0.29) is 0 Å². The Kier molecular flexibility index (Phi) is 3.53. The number of hydrogen-bond donors (Lipinski definition) is 0. The zero-order valence-electron chi connectivity index (χ0n) is 11.0. The molecule has 5 heteroatoms. The maximum atomic E-state index is 5.81. The third-order valence-corrected chi connectivity index (χ3v) is 3.99. The minimum atomic E-state index is 0.432. The highest BCUT2D eigenvalue weighted by Crippen LogP contribution is 2.21. The standard InChI is InChI=1S/C14H17ClN4/c1-11-14(8-15)16-17-19(11)7-6-18-9-12-4-2-3-5-13(12)10-18/h2-5H,6-10H2,1H3. The van der Waals surface area contributed by atoms with Crippen molar-refractivity contribution in [2.75, 3.05) is 6.54 Å². The SMILES string of the molecule is Cc1c(CCl)nnn1CCN1Cc2ccccc2C1. The predicted octanol–water partition coefficient (Wildman–Crippen LogP) is 2.34. The average Bonchev–Trinajstić information content (AvgIpc) is 2.99. The summed E-state index contributed by atoms with van der Waals surface area (Å²) in [5.41, 5.74) is 4.84. The van der Waals surface area contributed by atoms with Crippen LogP contribution >= 0.6 is 11.6 Å². The van der Waals surface area contributed by atoms with E-state index in [9.17, 15) is 0 Å². The van der Waals surface area contributed by atoms with Gasteiger partial charge in [-0.05, 0) is 18.1 Å². The molecule has 0 radical (unpaired) electrons. The van der Waals surface area contributed by atoms with Crippen molar-refractivity contribution in [3.8, 4) is 0 Å². The van der Waals surface area contributed by atoms with Gasteiger partial charge in [0.05, 0.1) is 18.1 Å². The number of halogens is 1. The Morgan fingerprint density at radius 1 is 1.16 bits per heavy atom. The lowest BCUT2D eigenvalue weighted by atomic mass is 10.1. The second-order valence-electron chi connectivity index (χ2n) is 4.96. The van der Waals surface area contributed by atoms with Crippen LogP contribution in [0.15, 0.2) is 24.3 Å². The van der Waals surface area contributed by atoms with Crippen molar-refractivity contribution in [2.45, 2.75) is 32.4 Å². The molecule has 19 heavy (non-hydrogen) atoms. The van der Waals surface area contributed by atoms with E-state index in [1.165, 1.54) is 11.1 Å². The highest BCUT2D eigenvalue weighted by atomic mass is 35.5. The van der Waals surface area contributed by atoms with Crippen LogP contribution in [-0.4, -0.2) is 26.4 Å². The summed E-state index contributed by atoms with van der Waals surface area (Å²) < 4.78 is 1.95. The van der Waals surface area contributed by atoms with E-state index in [0.717, 1.165) is 37.6 Å². The zero-order valence-corrected chi connectivity index (χ0v) is 11.8. The molecule has 1 aromatic carbocycles. The van der Waals surface area contributed by atoms with Gasteiger partial charge in [-0.15, -0.1) is 16.7 Å². The van der Waals surface area contributed by atoms with Crippen LogP contribution in [0.5, 0.6) is 0 Å². The van der Waals surface area contributed by atoms with Crippen molar-refractivity contribution in [1.29, 1.82) is 0 Å². The summed E-state index contributed by atoms with van der Waals surface area (Å²) in [5.74, 6) is 0.432. The molecule has 0 amide bonds. The van der Waals surface area contributed by atoms with Crippen LogP contribution in [0, 0.1) is 6.92 Å². The van der Waals surface area contributed by atoms with Crippen molar-refractivity contribution >= 4 is 11.6 Å². The maximum Gasteiger partial charge on any atom is 0.100 e. The molecule has 2 heterocycles. The van der Waals surface area contributed by atoms with Gasteiger partial charge >= 0.3 is 0 Å². The van der Waals surface area contributed by atoms with Gasteiger partial charge in [0.1, 0.15) is 5.69 Å². The van der Waals surface area contributed by atoms with E-state index in [2.05, 4.69) is 39.5 Å². The fourth-order valence-electron chi connectivity index (χ4n) is 2.53. The Morgan fingerprint density at radius 3 is 2.42 bits per heavy atom. The Hall–Kier alpha value is -1.39. The summed E-state index contributed by atoms with van der Waals surface area (Å²) >= 11 is 5.81. The molecule has 0 fully saturated rings. The van der Waals surface area contributed by atoms with Crippen LogP contribution in [-0.2, 0) is 25.5 Å².